The van der Waals surface area contributed by atoms with Crippen molar-refractivity contribution in [3.8, 4) is 11.5 Å². The van der Waals surface area contributed by atoms with Crippen molar-refractivity contribution in [2.75, 3.05) is 14.2 Å². The molecule has 0 aromatic heterocycles. The van der Waals surface area contributed by atoms with E-state index in [2.05, 4.69) is 20.9 Å². The number of halogens is 1. The molecule has 0 spiro atoms. The van der Waals surface area contributed by atoms with E-state index in [0.29, 0.717) is 11.5 Å². The third-order valence-electron chi connectivity index (χ3n) is 3.41. The van der Waals surface area contributed by atoms with E-state index in [1.165, 1.54) is 0 Å². The molecule has 18 heavy (non-hydrogen) atoms. The Kier molecular flexibility index (Phi) is 3.73. The zero-order valence-corrected chi connectivity index (χ0v) is 11.9. The molecule has 0 heterocycles. The SMILES string of the molecule is COc1cc(C2(N=C=O)CCC2)cc(Br)c1OC. The Labute approximate surface area is 114 Å². The predicted octanol–water partition coefficient (Wildman–Crippen LogP) is 3.18. The van der Waals surface area contributed by atoms with Crippen LogP contribution < -0.4 is 9.47 Å². The summed E-state index contributed by atoms with van der Waals surface area (Å²) in [5.41, 5.74) is 0.533. The van der Waals surface area contributed by atoms with Crippen LogP contribution in [0.25, 0.3) is 0 Å². The minimum Gasteiger partial charge on any atom is -0.493 e. The first-order valence-electron chi connectivity index (χ1n) is 5.68. The molecular formula is C13H14BrNO3. The number of benzene rings is 1. The number of aliphatic imine (C=N–C) groups is 1. The number of rotatable bonds is 4. The van der Waals surface area contributed by atoms with Crippen molar-refractivity contribution in [3.63, 3.8) is 0 Å². The third-order valence-corrected chi connectivity index (χ3v) is 4.00. The standard InChI is InChI=1S/C13H14BrNO3/c1-17-11-7-9(6-10(14)12(11)18-2)13(15-8-16)4-3-5-13/h6-7H,3-5H2,1-2H3. The smallest absolute Gasteiger partial charge is 0.235 e. The Balaban J connectivity index is 2.52. The Morgan fingerprint density at radius 1 is 1.33 bits per heavy atom. The van der Waals surface area contributed by atoms with Gasteiger partial charge in [0.1, 0.15) is 0 Å². The first kappa shape index (κ1) is 13.1. The second-order valence-electron chi connectivity index (χ2n) is 4.28. The molecule has 0 radical (unpaired) electrons. The van der Waals surface area contributed by atoms with Crippen LogP contribution in [0.3, 0.4) is 0 Å². The number of isocyanates is 1. The molecule has 0 amide bonds. The molecule has 0 unspecified atom stereocenters. The van der Waals surface area contributed by atoms with E-state index in [9.17, 15) is 4.79 Å². The highest BCUT2D eigenvalue weighted by Gasteiger charge is 2.39. The highest BCUT2D eigenvalue weighted by Crippen LogP contribution is 2.48. The van der Waals surface area contributed by atoms with Gasteiger partial charge in [0.05, 0.1) is 24.2 Å². The van der Waals surface area contributed by atoms with Crippen molar-refractivity contribution in [3.05, 3.63) is 22.2 Å². The molecule has 1 aliphatic rings. The molecular weight excluding hydrogens is 298 g/mol. The minimum atomic E-state index is -0.427. The van der Waals surface area contributed by atoms with Crippen molar-refractivity contribution in [1.82, 2.24) is 0 Å². The van der Waals surface area contributed by atoms with Crippen LogP contribution in [0.15, 0.2) is 21.6 Å². The summed E-state index contributed by atoms with van der Waals surface area (Å²) in [4.78, 5) is 14.6. The molecule has 0 atom stereocenters. The minimum absolute atomic E-state index is 0.427. The molecule has 1 fully saturated rings. The van der Waals surface area contributed by atoms with E-state index in [4.69, 9.17) is 9.47 Å². The van der Waals surface area contributed by atoms with Gasteiger partial charge in [-0.25, -0.2) is 4.79 Å². The van der Waals surface area contributed by atoms with E-state index in [-0.39, 0.29) is 0 Å². The quantitative estimate of drug-likeness (QED) is 0.634. The molecule has 1 saturated carbocycles. The van der Waals surface area contributed by atoms with Crippen molar-refractivity contribution in [2.45, 2.75) is 24.8 Å². The number of hydrogen-bond donors (Lipinski definition) is 0. The number of hydrogen-bond acceptors (Lipinski definition) is 4. The normalized spacial score (nSPS) is 16.4. The highest BCUT2D eigenvalue weighted by molar-refractivity contribution is 9.10. The van der Waals surface area contributed by atoms with E-state index < -0.39 is 5.54 Å². The Bertz CT molecular complexity index is 505. The van der Waals surface area contributed by atoms with Crippen molar-refractivity contribution in [2.24, 2.45) is 4.99 Å². The largest absolute Gasteiger partial charge is 0.493 e. The van der Waals surface area contributed by atoms with Crippen LogP contribution in [-0.2, 0) is 10.3 Å². The van der Waals surface area contributed by atoms with Crippen molar-refractivity contribution >= 4 is 22.0 Å². The molecule has 0 bridgehead atoms. The van der Waals surface area contributed by atoms with Crippen LogP contribution in [0.1, 0.15) is 24.8 Å². The van der Waals surface area contributed by atoms with Gasteiger partial charge >= 0.3 is 0 Å². The van der Waals surface area contributed by atoms with Gasteiger partial charge in [0.25, 0.3) is 0 Å². The first-order valence-corrected chi connectivity index (χ1v) is 6.47. The van der Waals surface area contributed by atoms with E-state index in [0.717, 1.165) is 29.3 Å². The lowest BCUT2D eigenvalue weighted by atomic mass is 9.72. The topological polar surface area (TPSA) is 47.9 Å². The highest BCUT2D eigenvalue weighted by atomic mass is 79.9. The second kappa shape index (κ2) is 5.12. The molecule has 1 aromatic carbocycles. The summed E-state index contributed by atoms with van der Waals surface area (Å²) < 4.78 is 11.4. The number of nitrogens with zero attached hydrogens (tertiary/aromatic N) is 1. The van der Waals surface area contributed by atoms with E-state index >= 15 is 0 Å². The van der Waals surface area contributed by atoms with E-state index in [1.807, 2.05) is 12.1 Å². The molecule has 4 nitrogen and oxygen atoms in total. The van der Waals surface area contributed by atoms with Crippen molar-refractivity contribution < 1.29 is 14.3 Å². The second-order valence-corrected chi connectivity index (χ2v) is 5.14. The molecule has 0 N–H and O–H groups in total. The molecule has 5 heteroatoms. The van der Waals surface area contributed by atoms with Crippen LogP contribution in [0.4, 0.5) is 0 Å². The predicted molar refractivity (Wildman–Crippen MR) is 70.9 cm³/mol. The molecule has 0 saturated heterocycles. The van der Waals surface area contributed by atoms with Crippen LogP contribution in [0, 0.1) is 0 Å². The summed E-state index contributed by atoms with van der Waals surface area (Å²) in [5.74, 6) is 1.28. The van der Waals surface area contributed by atoms with Crippen LogP contribution in [-0.4, -0.2) is 20.3 Å². The maximum absolute atomic E-state index is 10.6. The zero-order valence-electron chi connectivity index (χ0n) is 10.3. The summed E-state index contributed by atoms with van der Waals surface area (Å²) in [7, 11) is 3.18. The molecule has 96 valence electrons. The van der Waals surface area contributed by atoms with Gasteiger partial charge < -0.3 is 9.47 Å². The Morgan fingerprint density at radius 2 is 2.06 bits per heavy atom. The van der Waals surface area contributed by atoms with Gasteiger partial charge in [0.15, 0.2) is 11.5 Å². The van der Waals surface area contributed by atoms with Gasteiger partial charge in [-0.05, 0) is 52.9 Å². The average molecular weight is 312 g/mol. The van der Waals surface area contributed by atoms with E-state index in [1.54, 1.807) is 20.3 Å². The van der Waals surface area contributed by atoms with Gasteiger partial charge in [-0.15, -0.1) is 0 Å². The lowest BCUT2D eigenvalue weighted by Gasteiger charge is -2.37. The molecule has 0 aliphatic heterocycles. The lowest BCUT2D eigenvalue weighted by molar-refractivity contribution is 0.254. The Hall–Kier alpha value is -1.32. The van der Waals surface area contributed by atoms with Gasteiger partial charge in [-0.1, -0.05) is 0 Å². The number of carbonyl (C=O) groups excluding carboxylic acids is 1. The fourth-order valence-corrected chi connectivity index (χ4v) is 2.85. The molecule has 1 aliphatic carbocycles. The van der Waals surface area contributed by atoms with Crippen LogP contribution in [0.5, 0.6) is 11.5 Å². The number of ether oxygens (including phenoxy) is 2. The van der Waals surface area contributed by atoms with Crippen LogP contribution >= 0.6 is 15.9 Å². The fraction of sp³-hybridized carbons (Fsp3) is 0.462. The fourth-order valence-electron chi connectivity index (χ4n) is 2.25. The average Bonchev–Trinajstić information content (AvgIpc) is 2.32. The summed E-state index contributed by atoms with van der Waals surface area (Å²) in [5, 5.41) is 0. The summed E-state index contributed by atoms with van der Waals surface area (Å²) in [6.45, 7) is 0. The van der Waals surface area contributed by atoms with Crippen LogP contribution in [0.2, 0.25) is 0 Å². The maximum Gasteiger partial charge on any atom is 0.235 e. The van der Waals surface area contributed by atoms with Gasteiger partial charge in [-0.3, -0.25) is 0 Å². The van der Waals surface area contributed by atoms with Gasteiger partial charge in [0.2, 0.25) is 6.08 Å². The maximum atomic E-state index is 10.6. The first-order chi connectivity index (χ1) is 8.66. The lowest BCUT2D eigenvalue weighted by Crippen LogP contribution is -2.31. The number of methoxy groups -OCH3 is 2. The summed E-state index contributed by atoms with van der Waals surface area (Å²) in [6.07, 6.45) is 4.48. The summed E-state index contributed by atoms with van der Waals surface area (Å²) >= 11 is 3.45. The van der Waals surface area contributed by atoms with Gasteiger partial charge in [-0.2, -0.15) is 4.99 Å². The van der Waals surface area contributed by atoms with Gasteiger partial charge in [0, 0.05) is 0 Å². The summed E-state index contributed by atoms with van der Waals surface area (Å²) in [6, 6.07) is 3.81. The van der Waals surface area contributed by atoms with Crippen molar-refractivity contribution in [1.29, 1.82) is 0 Å². The monoisotopic (exact) mass is 311 g/mol. The Morgan fingerprint density at radius 3 is 2.50 bits per heavy atom. The molecule has 2 rings (SSSR count). The third kappa shape index (κ3) is 2.04. The zero-order chi connectivity index (χ0) is 13.2. The molecule has 1 aromatic rings.